The molecule has 0 aliphatic carbocycles. The van der Waals surface area contributed by atoms with Gasteiger partial charge in [0.15, 0.2) is 0 Å². The predicted molar refractivity (Wildman–Crippen MR) is 99.8 cm³/mol. The normalized spacial score (nSPS) is 15.7. The van der Waals surface area contributed by atoms with Crippen molar-refractivity contribution in [3.05, 3.63) is 59.0 Å². The number of benzene rings is 1. The first-order valence-electron chi connectivity index (χ1n) is 8.83. The summed E-state index contributed by atoms with van der Waals surface area (Å²) in [6, 6.07) is 9.76. The lowest BCUT2D eigenvalue weighted by atomic mass is 10.2. The van der Waals surface area contributed by atoms with E-state index >= 15 is 0 Å². The van der Waals surface area contributed by atoms with Crippen molar-refractivity contribution in [3.8, 4) is 10.7 Å². The maximum absolute atomic E-state index is 13.4. The second kappa shape index (κ2) is 7.98. The summed E-state index contributed by atoms with van der Waals surface area (Å²) in [5.74, 6) is 0.658. The lowest BCUT2D eigenvalue weighted by molar-refractivity contribution is 0.0760. The Morgan fingerprint density at radius 2 is 2.11 bits per heavy atom. The van der Waals surface area contributed by atoms with E-state index in [1.165, 1.54) is 12.1 Å². The van der Waals surface area contributed by atoms with Gasteiger partial charge in [-0.15, -0.1) is 11.3 Å². The fourth-order valence-electron chi connectivity index (χ4n) is 3.15. The maximum Gasteiger partial charge on any atom is 0.254 e. The summed E-state index contributed by atoms with van der Waals surface area (Å²) in [5.41, 5.74) is 0.390. The Hall–Kier alpha value is -2.58. The number of aromatic nitrogens is 2. The molecule has 0 radical (unpaired) electrons. The molecule has 1 saturated heterocycles. The average molecular weight is 386 g/mol. The van der Waals surface area contributed by atoms with Gasteiger partial charge in [-0.3, -0.25) is 9.69 Å². The van der Waals surface area contributed by atoms with Crippen LogP contribution in [0.4, 0.5) is 4.39 Å². The molecule has 8 heteroatoms. The molecule has 1 fully saturated rings. The third-order valence-electron chi connectivity index (χ3n) is 4.52. The molecular weight excluding hydrogens is 367 g/mol. The first-order valence-corrected chi connectivity index (χ1v) is 9.71. The van der Waals surface area contributed by atoms with Crippen molar-refractivity contribution in [2.75, 3.05) is 26.2 Å². The van der Waals surface area contributed by atoms with Crippen molar-refractivity contribution in [2.24, 2.45) is 0 Å². The Labute approximate surface area is 160 Å². The summed E-state index contributed by atoms with van der Waals surface area (Å²) in [6.45, 7) is 3.33. The number of amides is 1. The smallest absolute Gasteiger partial charge is 0.254 e. The number of thiophene rings is 1. The summed E-state index contributed by atoms with van der Waals surface area (Å²) in [7, 11) is 0. The number of rotatable bonds is 4. The molecule has 1 aliphatic heterocycles. The summed E-state index contributed by atoms with van der Waals surface area (Å²) in [4.78, 5) is 22.0. The predicted octanol–water partition coefficient (Wildman–Crippen LogP) is 3.29. The van der Waals surface area contributed by atoms with Crippen LogP contribution in [0, 0.1) is 5.82 Å². The maximum atomic E-state index is 13.4. The highest BCUT2D eigenvalue weighted by Crippen LogP contribution is 2.22. The van der Waals surface area contributed by atoms with E-state index in [0.29, 0.717) is 43.5 Å². The number of halogens is 1. The molecule has 1 amide bonds. The van der Waals surface area contributed by atoms with Crippen molar-refractivity contribution < 1.29 is 13.7 Å². The van der Waals surface area contributed by atoms with Gasteiger partial charge in [-0.2, -0.15) is 4.98 Å². The van der Waals surface area contributed by atoms with E-state index < -0.39 is 5.82 Å². The van der Waals surface area contributed by atoms with Gasteiger partial charge in [0.05, 0.1) is 11.4 Å². The first-order chi connectivity index (χ1) is 13.2. The summed E-state index contributed by atoms with van der Waals surface area (Å²) >= 11 is 1.57. The minimum absolute atomic E-state index is 0.130. The van der Waals surface area contributed by atoms with Gasteiger partial charge in [0.1, 0.15) is 5.82 Å². The number of hydrogen-bond donors (Lipinski definition) is 0. The van der Waals surface area contributed by atoms with Crippen molar-refractivity contribution in [1.29, 1.82) is 0 Å². The molecule has 0 spiro atoms. The van der Waals surface area contributed by atoms with E-state index in [9.17, 15) is 9.18 Å². The van der Waals surface area contributed by atoms with Crippen LogP contribution in [0.15, 0.2) is 46.3 Å². The van der Waals surface area contributed by atoms with Gasteiger partial charge in [-0.05, 0) is 36.1 Å². The van der Waals surface area contributed by atoms with Crippen molar-refractivity contribution in [3.63, 3.8) is 0 Å². The minimum Gasteiger partial charge on any atom is -0.338 e. The third kappa shape index (κ3) is 4.23. The van der Waals surface area contributed by atoms with Gasteiger partial charge < -0.3 is 9.42 Å². The van der Waals surface area contributed by atoms with E-state index in [2.05, 4.69) is 15.0 Å². The average Bonchev–Trinajstić information content (AvgIpc) is 3.30. The number of nitrogens with zero attached hydrogens (tertiary/aromatic N) is 4. The Balaban J connectivity index is 1.37. The molecular formula is C19H19FN4O2S. The van der Waals surface area contributed by atoms with Gasteiger partial charge in [0.2, 0.25) is 11.7 Å². The molecule has 0 bridgehead atoms. The van der Waals surface area contributed by atoms with E-state index in [1.54, 1.807) is 28.4 Å². The quantitative estimate of drug-likeness (QED) is 0.689. The summed E-state index contributed by atoms with van der Waals surface area (Å²) in [6.07, 6.45) is 0.840. The first kappa shape index (κ1) is 17.8. The van der Waals surface area contributed by atoms with Crippen LogP contribution in [-0.2, 0) is 6.54 Å². The molecule has 0 unspecified atom stereocenters. The zero-order valence-corrected chi connectivity index (χ0v) is 15.5. The van der Waals surface area contributed by atoms with Gasteiger partial charge in [0.25, 0.3) is 5.91 Å². The minimum atomic E-state index is -0.393. The Kier molecular flexibility index (Phi) is 5.26. The zero-order chi connectivity index (χ0) is 18.6. The van der Waals surface area contributed by atoms with Gasteiger partial charge >= 0.3 is 0 Å². The molecule has 1 aromatic carbocycles. The van der Waals surface area contributed by atoms with Crippen LogP contribution >= 0.6 is 11.3 Å². The molecule has 0 atom stereocenters. The molecule has 3 heterocycles. The van der Waals surface area contributed by atoms with E-state index in [1.807, 2.05) is 17.5 Å². The van der Waals surface area contributed by atoms with Gasteiger partial charge in [-0.25, -0.2) is 4.39 Å². The Bertz CT molecular complexity index is 912. The van der Waals surface area contributed by atoms with E-state index in [-0.39, 0.29) is 5.91 Å². The van der Waals surface area contributed by atoms with Crippen LogP contribution in [-0.4, -0.2) is 52.0 Å². The topological polar surface area (TPSA) is 62.5 Å². The highest BCUT2D eigenvalue weighted by atomic mass is 32.1. The standard InChI is InChI=1S/C19H19FN4O2S/c20-15-5-1-4-14(12-15)19(25)24-8-3-7-23(9-10-24)13-17-21-18(22-26-17)16-6-2-11-27-16/h1-2,4-6,11-12H,3,7-10,13H2. The number of hydrogen-bond acceptors (Lipinski definition) is 6. The number of carbonyl (C=O) groups is 1. The monoisotopic (exact) mass is 386 g/mol. The summed E-state index contributed by atoms with van der Waals surface area (Å²) in [5, 5.41) is 6.01. The van der Waals surface area contributed by atoms with Gasteiger partial charge in [0, 0.05) is 31.7 Å². The van der Waals surface area contributed by atoms with E-state index in [4.69, 9.17) is 4.52 Å². The summed E-state index contributed by atoms with van der Waals surface area (Å²) < 4.78 is 18.8. The second-order valence-electron chi connectivity index (χ2n) is 6.42. The second-order valence-corrected chi connectivity index (χ2v) is 7.37. The zero-order valence-electron chi connectivity index (χ0n) is 14.7. The van der Waals surface area contributed by atoms with E-state index in [0.717, 1.165) is 17.8 Å². The molecule has 140 valence electrons. The Morgan fingerprint density at radius 3 is 2.93 bits per heavy atom. The van der Waals surface area contributed by atoms with Crippen LogP contribution in [0.1, 0.15) is 22.7 Å². The molecule has 3 aromatic rings. The SMILES string of the molecule is O=C(c1cccc(F)c1)N1CCCN(Cc2nc(-c3cccs3)no2)CC1. The fraction of sp³-hybridized carbons (Fsp3) is 0.316. The van der Waals surface area contributed by atoms with Crippen molar-refractivity contribution in [2.45, 2.75) is 13.0 Å². The molecule has 1 aliphatic rings. The fourth-order valence-corrected chi connectivity index (χ4v) is 3.80. The van der Waals surface area contributed by atoms with Crippen molar-refractivity contribution >= 4 is 17.2 Å². The van der Waals surface area contributed by atoms with Gasteiger partial charge in [-0.1, -0.05) is 17.3 Å². The van der Waals surface area contributed by atoms with Crippen LogP contribution in [0.2, 0.25) is 0 Å². The molecule has 0 saturated carbocycles. The highest BCUT2D eigenvalue weighted by Gasteiger charge is 2.22. The molecule has 6 nitrogen and oxygen atoms in total. The van der Waals surface area contributed by atoms with Crippen LogP contribution in [0.5, 0.6) is 0 Å². The molecule has 4 rings (SSSR count). The molecule has 27 heavy (non-hydrogen) atoms. The van der Waals surface area contributed by atoms with Crippen LogP contribution in [0.3, 0.4) is 0 Å². The lowest BCUT2D eigenvalue weighted by Crippen LogP contribution is -2.35. The molecule has 0 N–H and O–H groups in total. The highest BCUT2D eigenvalue weighted by molar-refractivity contribution is 7.13. The van der Waals surface area contributed by atoms with Crippen molar-refractivity contribution in [1.82, 2.24) is 19.9 Å². The Morgan fingerprint density at radius 1 is 1.19 bits per heavy atom. The lowest BCUT2D eigenvalue weighted by Gasteiger charge is -2.21. The third-order valence-corrected chi connectivity index (χ3v) is 5.38. The van der Waals surface area contributed by atoms with Crippen LogP contribution < -0.4 is 0 Å². The van der Waals surface area contributed by atoms with Crippen LogP contribution in [0.25, 0.3) is 10.7 Å². The largest absolute Gasteiger partial charge is 0.338 e. The number of carbonyl (C=O) groups excluding carboxylic acids is 1. The molecule has 2 aromatic heterocycles.